The molecule has 0 radical (unpaired) electrons. The van der Waals surface area contributed by atoms with E-state index in [2.05, 4.69) is 37.2 Å². The highest BCUT2D eigenvalue weighted by atomic mass is 16.7. The molecule has 24 heteroatoms. The van der Waals surface area contributed by atoms with Crippen LogP contribution in [0.3, 0.4) is 0 Å². The average molecular weight is 1050 g/mol. The first-order valence-electron chi connectivity index (χ1n) is 26.3. The van der Waals surface area contributed by atoms with Crippen molar-refractivity contribution in [2.24, 2.45) is 11.5 Å². The number of nitrogens with two attached hydrogens (primary N) is 2. The number of aliphatic hydroxyl groups excluding tert-OH is 3. The van der Waals surface area contributed by atoms with Crippen molar-refractivity contribution >= 4 is 41.4 Å². The van der Waals surface area contributed by atoms with Gasteiger partial charge in [0.25, 0.3) is 0 Å². The normalized spacial score (nSPS) is 15.6. The van der Waals surface area contributed by atoms with Gasteiger partial charge in [-0.25, -0.2) is 0 Å². The van der Waals surface area contributed by atoms with Crippen LogP contribution in [0.15, 0.2) is 11.5 Å². The maximum absolute atomic E-state index is 13.5. The van der Waals surface area contributed by atoms with Crippen LogP contribution < -0.4 is 48.7 Å². The molecule has 1 aliphatic rings. The summed E-state index contributed by atoms with van der Waals surface area (Å²) >= 11 is 0. The molecule has 0 aliphatic carbocycles. The molecule has 73 heavy (non-hydrogen) atoms. The minimum Gasteiger partial charge on any atom is -0.506 e. The van der Waals surface area contributed by atoms with Crippen molar-refractivity contribution in [2.75, 3.05) is 98.7 Å². The van der Waals surface area contributed by atoms with Crippen LogP contribution in [-0.4, -0.2) is 179 Å². The summed E-state index contributed by atoms with van der Waals surface area (Å²) in [4.78, 5) is 86.7. The summed E-state index contributed by atoms with van der Waals surface area (Å²) in [7, 11) is 0. The molecule has 7 amide bonds. The van der Waals surface area contributed by atoms with Crippen molar-refractivity contribution in [3.05, 3.63) is 11.5 Å². The molecule has 1 heterocycles. The summed E-state index contributed by atoms with van der Waals surface area (Å²) in [6.07, 6.45) is 8.82. The van der Waals surface area contributed by atoms with Gasteiger partial charge in [-0.05, 0) is 65.0 Å². The van der Waals surface area contributed by atoms with Crippen molar-refractivity contribution in [3.63, 3.8) is 0 Å². The molecule has 3 atom stereocenters. The summed E-state index contributed by atoms with van der Waals surface area (Å²) < 4.78 is 29.1. The van der Waals surface area contributed by atoms with Crippen LogP contribution in [0.4, 0.5) is 0 Å². The van der Waals surface area contributed by atoms with Gasteiger partial charge in [0.1, 0.15) is 17.7 Å². The number of carbonyl (C=O) groups is 7. The number of rotatable bonds is 46. The monoisotopic (exact) mass is 1050 g/mol. The minimum atomic E-state index is -1.23. The topological polar surface area (TPSA) is 363 Å². The van der Waals surface area contributed by atoms with Crippen LogP contribution in [0.5, 0.6) is 0 Å². The molecule has 14 N–H and O–H groups in total. The lowest BCUT2D eigenvalue weighted by Gasteiger charge is -2.34. The van der Waals surface area contributed by atoms with Gasteiger partial charge in [-0.1, -0.05) is 38.5 Å². The molecule has 0 bridgehead atoms. The van der Waals surface area contributed by atoms with Gasteiger partial charge in [0.05, 0.1) is 46.2 Å². The van der Waals surface area contributed by atoms with Crippen LogP contribution in [0, 0.1) is 0 Å². The Morgan fingerprint density at radius 1 is 0.534 bits per heavy atom. The van der Waals surface area contributed by atoms with E-state index in [1.54, 1.807) is 0 Å². The van der Waals surface area contributed by atoms with Gasteiger partial charge in [-0.2, -0.15) is 0 Å². The molecule has 2 unspecified atom stereocenters. The van der Waals surface area contributed by atoms with E-state index < -0.39 is 48.0 Å². The van der Waals surface area contributed by atoms with Gasteiger partial charge in [-0.15, -0.1) is 0 Å². The van der Waals surface area contributed by atoms with E-state index in [0.29, 0.717) is 84.2 Å². The molecule has 0 aromatic carbocycles. The molecule has 0 fully saturated rings. The van der Waals surface area contributed by atoms with Crippen LogP contribution in [0.25, 0.3) is 0 Å². The number of nitrogens with one attached hydrogen (secondary N) is 7. The first-order chi connectivity index (χ1) is 35.2. The van der Waals surface area contributed by atoms with Gasteiger partial charge in [0, 0.05) is 84.8 Å². The lowest BCUT2D eigenvalue weighted by Crippen LogP contribution is -2.58. The molecule has 24 nitrogen and oxygen atoms in total. The summed E-state index contributed by atoms with van der Waals surface area (Å²) in [6, 6.07) is -1.17. The Kier molecular flexibility index (Phi) is 38.7. The Bertz CT molecular complexity index is 1580. The summed E-state index contributed by atoms with van der Waals surface area (Å²) in [5.41, 5.74) is 9.84. The lowest BCUT2D eigenvalue weighted by molar-refractivity contribution is -0.202. The fourth-order valence-electron chi connectivity index (χ4n) is 7.33. The van der Waals surface area contributed by atoms with E-state index in [0.717, 1.165) is 44.9 Å². The van der Waals surface area contributed by atoms with Crippen LogP contribution in [0.1, 0.15) is 136 Å². The second kappa shape index (κ2) is 42.6. The smallest absolute Gasteiger partial charge is 0.222 e. The zero-order chi connectivity index (χ0) is 54.0. The Hall–Kier alpha value is -4.69. The number of carbonyl (C=O) groups excluding carboxylic acids is 7. The number of ether oxygens (including phenoxy) is 5. The van der Waals surface area contributed by atoms with Crippen LogP contribution in [0.2, 0.25) is 0 Å². The number of aliphatic hydroxyl groups is 3. The Labute approximate surface area is 431 Å². The van der Waals surface area contributed by atoms with Gasteiger partial charge >= 0.3 is 0 Å². The second-order valence-electron chi connectivity index (χ2n) is 18.0. The molecule has 1 rings (SSSR count). The number of hydrogen-bond acceptors (Lipinski definition) is 17. The first kappa shape index (κ1) is 66.3. The summed E-state index contributed by atoms with van der Waals surface area (Å²) in [6.45, 7) is 5.44. The second-order valence-corrected chi connectivity index (χ2v) is 18.0. The molecular weight excluding hydrogens is 955 g/mol. The largest absolute Gasteiger partial charge is 0.506 e. The van der Waals surface area contributed by atoms with E-state index in [1.165, 1.54) is 6.92 Å². The Morgan fingerprint density at radius 2 is 0.945 bits per heavy atom. The van der Waals surface area contributed by atoms with Crippen molar-refractivity contribution < 1.29 is 72.6 Å². The van der Waals surface area contributed by atoms with Gasteiger partial charge in [0.15, 0.2) is 17.8 Å². The minimum absolute atomic E-state index is 0.00448. The van der Waals surface area contributed by atoms with Gasteiger partial charge in [-0.3, -0.25) is 33.6 Å². The zero-order valence-corrected chi connectivity index (χ0v) is 43.7. The average Bonchev–Trinajstić information content (AvgIpc) is 3.35. The predicted molar refractivity (Wildman–Crippen MR) is 271 cm³/mol. The summed E-state index contributed by atoms with van der Waals surface area (Å²) in [5, 5.41) is 49.3. The van der Waals surface area contributed by atoms with E-state index in [9.17, 15) is 48.9 Å². The number of hydrogen-bond donors (Lipinski definition) is 12. The van der Waals surface area contributed by atoms with Gasteiger partial charge in [0.2, 0.25) is 41.4 Å². The number of amides is 7. The molecule has 0 aromatic heterocycles. The quantitative estimate of drug-likeness (QED) is 0.0367. The third kappa shape index (κ3) is 33.7. The highest BCUT2D eigenvalue weighted by molar-refractivity contribution is 5.78. The third-order valence-electron chi connectivity index (χ3n) is 11.3. The molecule has 422 valence electrons. The maximum Gasteiger partial charge on any atom is 0.222 e. The Morgan fingerprint density at radius 3 is 1.38 bits per heavy atom. The van der Waals surface area contributed by atoms with E-state index >= 15 is 0 Å². The predicted octanol–water partition coefficient (Wildman–Crippen LogP) is 0.387. The molecular formula is C49H91N9O15. The standard InChI is InChI=1S/C49H91N9O15/c1-3-52-39(61)17-10-8-6-4-5-7-9-11-19-44(66)58-49(34-69-30-20-41(63)53-25-14-23-50,35-70-31-21-42(64)54-26-15-24-51)36-71-32-22-43(65)56-28-16-27-55-40(62)18-12-13-29-72-48-45(57-37(2)60)47(68)46(67)38(33-59)73-48/h38,45,48,59,67-68H,3-36,50-51H2,1-2H3,(H,52,61)(H,53,63)(H,54,64)(H,55,62)(H,56,65)(H,57,60)(H,58,66)/t38?,45?,48-/m1/s1. The fourth-order valence-corrected chi connectivity index (χ4v) is 7.33. The van der Waals surface area contributed by atoms with Crippen molar-refractivity contribution in [2.45, 2.75) is 160 Å². The molecule has 0 saturated carbocycles. The Balaban J connectivity index is 2.69. The molecule has 0 spiro atoms. The van der Waals surface area contributed by atoms with E-state index in [-0.39, 0.29) is 120 Å². The SMILES string of the molecule is CCNC(=O)CCCCCCCCCCC(=O)NC(COCCC(=O)NCCCN)(COCCC(=O)NCCCN)COCCC(=O)NCCCNC(=O)CCCCO[C@@H]1OC(CO)C(O)=C(O)C1NC(C)=O. The van der Waals surface area contributed by atoms with Crippen molar-refractivity contribution in [3.8, 4) is 0 Å². The van der Waals surface area contributed by atoms with Crippen molar-refractivity contribution in [1.29, 1.82) is 0 Å². The number of unbranched alkanes of at least 4 members (excludes halogenated alkanes) is 8. The fraction of sp³-hybridized carbons (Fsp3) is 0.816. The lowest BCUT2D eigenvalue weighted by atomic mass is 10.0. The van der Waals surface area contributed by atoms with Crippen molar-refractivity contribution in [1.82, 2.24) is 37.2 Å². The van der Waals surface area contributed by atoms with Crippen LogP contribution >= 0.6 is 0 Å². The van der Waals surface area contributed by atoms with E-state index in [4.69, 9.17) is 35.2 Å². The highest BCUT2D eigenvalue weighted by Crippen LogP contribution is 2.24. The molecule has 0 aromatic rings. The maximum atomic E-state index is 13.5. The van der Waals surface area contributed by atoms with E-state index in [1.807, 2.05) is 6.92 Å². The third-order valence-corrected chi connectivity index (χ3v) is 11.3. The summed E-state index contributed by atoms with van der Waals surface area (Å²) in [5.74, 6) is -2.73. The molecule has 1 aliphatic heterocycles. The molecule has 0 saturated heterocycles. The highest BCUT2D eigenvalue weighted by Gasteiger charge is 2.39. The zero-order valence-electron chi connectivity index (χ0n) is 43.7. The van der Waals surface area contributed by atoms with Gasteiger partial charge < -0.3 is 87.7 Å². The van der Waals surface area contributed by atoms with Crippen LogP contribution in [-0.2, 0) is 57.2 Å². The first-order valence-corrected chi connectivity index (χ1v) is 26.3.